The van der Waals surface area contributed by atoms with Gasteiger partial charge < -0.3 is 4.74 Å². The largest absolute Gasteiger partial charge is 0.421 e. The summed E-state index contributed by atoms with van der Waals surface area (Å²) in [5.74, 6) is 1.92. The van der Waals surface area contributed by atoms with Crippen molar-refractivity contribution >= 4 is 21.8 Å². The zero-order chi connectivity index (χ0) is 34.1. The summed E-state index contributed by atoms with van der Waals surface area (Å²) in [5.41, 5.74) is 15.3. The van der Waals surface area contributed by atoms with E-state index in [9.17, 15) is 0 Å². The lowest BCUT2D eigenvalue weighted by atomic mass is 9.81. The first-order chi connectivity index (χ1) is 25.0. The Hall–Kier alpha value is -6.00. The molecule has 4 nitrogen and oxygen atoms in total. The standard InChI is InChI=1S/C47H37N3O/c1-30-12-10-13-31(2)45(30)33-22-23-41-38(24-33)37-18-8-9-19-40(37)50(41)42-20-11-21-43(48-42)51-44-25-36-28-47(26-34-16-6-7-17-35(34)27-47)29-39(36)46(49-44)32-14-4-3-5-15-32/h3-25H,26-29H2,1-2H3. The molecule has 2 aliphatic carbocycles. The molecule has 10 rings (SSSR count). The first-order valence-corrected chi connectivity index (χ1v) is 17.9. The van der Waals surface area contributed by atoms with Gasteiger partial charge in [0.15, 0.2) is 0 Å². The van der Waals surface area contributed by atoms with Crippen molar-refractivity contribution in [1.82, 2.24) is 14.5 Å². The van der Waals surface area contributed by atoms with Gasteiger partial charge in [-0.05, 0) is 114 Å². The quantitative estimate of drug-likeness (QED) is 0.185. The second-order valence-electron chi connectivity index (χ2n) is 14.6. The fourth-order valence-electron chi connectivity index (χ4n) is 9.04. The highest BCUT2D eigenvalue weighted by Crippen LogP contribution is 2.50. The molecular weight excluding hydrogens is 623 g/mol. The molecule has 4 heteroatoms. The number of hydrogen-bond donors (Lipinski definition) is 0. The summed E-state index contributed by atoms with van der Waals surface area (Å²) in [6.45, 7) is 4.38. The van der Waals surface area contributed by atoms with E-state index in [1.807, 2.05) is 12.1 Å². The van der Waals surface area contributed by atoms with E-state index >= 15 is 0 Å². The molecule has 0 bridgehead atoms. The van der Waals surface area contributed by atoms with Crippen molar-refractivity contribution in [3.63, 3.8) is 0 Å². The van der Waals surface area contributed by atoms with Crippen molar-refractivity contribution in [1.29, 1.82) is 0 Å². The maximum atomic E-state index is 6.61. The zero-order valence-corrected chi connectivity index (χ0v) is 28.9. The lowest BCUT2D eigenvalue weighted by Crippen LogP contribution is -2.21. The Bertz CT molecular complexity index is 2610. The molecule has 8 aromatic rings. The lowest BCUT2D eigenvalue weighted by molar-refractivity contribution is 0.326. The van der Waals surface area contributed by atoms with Crippen molar-refractivity contribution in [2.45, 2.75) is 39.5 Å². The summed E-state index contributed by atoms with van der Waals surface area (Å²) in [5, 5.41) is 2.40. The van der Waals surface area contributed by atoms with Gasteiger partial charge >= 0.3 is 0 Å². The van der Waals surface area contributed by atoms with Crippen LogP contribution in [-0.2, 0) is 25.7 Å². The van der Waals surface area contributed by atoms with E-state index in [0.717, 1.165) is 53.8 Å². The predicted molar refractivity (Wildman–Crippen MR) is 207 cm³/mol. The molecule has 0 fully saturated rings. The van der Waals surface area contributed by atoms with Crippen LogP contribution in [0.4, 0.5) is 0 Å². The summed E-state index contributed by atoms with van der Waals surface area (Å²) in [6.07, 6.45) is 4.27. The smallest absolute Gasteiger partial charge is 0.223 e. The molecule has 0 radical (unpaired) electrons. The van der Waals surface area contributed by atoms with Crippen LogP contribution in [-0.4, -0.2) is 14.5 Å². The van der Waals surface area contributed by atoms with Crippen LogP contribution in [0.3, 0.4) is 0 Å². The molecule has 3 aromatic heterocycles. The Balaban J connectivity index is 1.04. The van der Waals surface area contributed by atoms with E-state index in [2.05, 4.69) is 146 Å². The molecule has 51 heavy (non-hydrogen) atoms. The zero-order valence-electron chi connectivity index (χ0n) is 28.9. The number of aromatic nitrogens is 3. The summed E-state index contributed by atoms with van der Waals surface area (Å²) in [7, 11) is 0. The number of hydrogen-bond acceptors (Lipinski definition) is 3. The summed E-state index contributed by atoms with van der Waals surface area (Å²) in [6, 6.07) is 49.6. The number of fused-ring (bicyclic) bond motifs is 5. The highest BCUT2D eigenvalue weighted by molar-refractivity contribution is 6.10. The highest BCUT2D eigenvalue weighted by atomic mass is 16.5. The summed E-state index contributed by atoms with van der Waals surface area (Å²) in [4.78, 5) is 10.3. The Labute approximate surface area is 298 Å². The summed E-state index contributed by atoms with van der Waals surface area (Å²) >= 11 is 0. The van der Waals surface area contributed by atoms with Crippen LogP contribution >= 0.6 is 0 Å². The third-order valence-electron chi connectivity index (χ3n) is 11.2. The molecule has 0 saturated carbocycles. The van der Waals surface area contributed by atoms with Gasteiger partial charge in [-0.15, -0.1) is 0 Å². The number of pyridine rings is 2. The van der Waals surface area contributed by atoms with Gasteiger partial charge in [0.25, 0.3) is 0 Å². The Morgan fingerprint density at radius 1 is 0.529 bits per heavy atom. The van der Waals surface area contributed by atoms with Crippen molar-refractivity contribution in [2.75, 3.05) is 0 Å². The third kappa shape index (κ3) is 4.97. The molecule has 0 unspecified atom stereocenters. The minimum atomic E-state index is 0.197. The second-order valence-corrected chi connectivity index (χ2v) is 14.6. The number of aryl methyl sites for hydroxylation is 2. The number of benzene rings is 5. The number of rotatable bonds is 5. The molecule has 5 aromatic carbocycles. The predicted octanol–water partition coefficient (Wildman–Crippen LogP) is 11.2. The van der Waals surface area contributed by atoms with Crippen molar-refractivity contribution < 1.29 is 4.74 Å². The summed E-state index contributed by atoms with van der Waals surface area (Å²) < 4.78 is 8.86. The minimum Gasteiger partial charge on any atom is -0.421 e. The van der Waals surface area contributed by atoms with Crippen LogP contribution in [0.1, 0.15) is 33.4 Å². The Morgan fingerprint density at radius 2 is 1.22 bits per heavy atom. The van der Waals surface area contributed by atoms with E-state index in [1.165, 1.54) is 55.3 Å². The first kappa shape index (κ1) is 29.9. The van der Waals surface area contributed by atoms with E-state index in [1.54, 1.807) is 0 Å². The van der Waals surface area contributed by atoms with Gasteiger partial charge in [0.05, 0.1) is 16.7 Å². The van der Waals surface area contributed by atoms with E-state index in [-0.39, 0.29) is 5.41 Å². The van der Waals surface area contributed by atoms with Gasteiger partial charge in [-0.25, -0.2) is 4.98 Å². The lowest BCUT2D eigenvalue weighted by Gasteiger charge is -2.22. The van der Waals surface area contributed by atoms with E-state index in [4.69, 9.17) is 14.7 Å². The maximum Gasteiger partial charge on any atom is 0.223 e. The minimum absolute atomic E-state index is 0.197. The molecule has 2 aliphatic rings. The average molecular weight is 660 g/mol. The van der Waals surface area contributed by atoms with Gasteiger partial charge in [-0.3, -0.25) is 4.57 Å². The van der Waals surface area contributed by atoms with Crippen molar-refractivity contribution in [3.8, 4) is 40.0 Å². The van der Waals surface area contributed by atoms with Gasteiger partial charge in [0, 0.05) is 28.5 Å². The molecule has 0 amide bonds. The SMILES string of the molecule is Cc1cccc(C)c1-c1ccc2c(c1)c1ccccc1n2-c1cccc(Oc2cc3c(c(-c4ccccc4)n2)CC2(Cc4ccccc4C2)C3)n1. The fraction of sp³-hybridized carbons (Fsp3) is 0.149. The maximum absolute atomic E-state index is 6.61. The Morgan fingerprint density at radius 3 is 2.02 bits per heavy atom. The van der Waals surface area contributed by atoms with E-state index in [0.29, 0.717) is 11.8 Å². The third-order valence-corrected chi connectivity index (χ3v) is 11.2. The molecular formula is C47H37N3O. The topological polar surface area (TPSA) is 39.9 Å². The number of ether oxygens (including phenoxy) is 1. The van der Waals surface area contributed by atoms with Crippen LogP contribution in [0.15, 0.2) is 140 Å². The molecule has 246 valence electrons. The van der Waals surface area contributed by atoms with Crippen LogP contribution in [0.25, 0.3) is 50.0 Å². The fourth-order valence-corrected chi connectivity index (χ4v) is 9.04. The van der Waals surface area contributed by atoms with Crippen LogP contribution in [0, 0.1) is 19.3 Å². The second kappa shape index (κ2) is 11.5. The van der Waals surface area contributed by atoms with Gasteiger partial charge in [0.1, 0.15) is 5.82 Å². The number of para-hydroxylation sites is 1. The molecule has 0 N–H and O–H groups in total. The molecule has 1 spiro atoms. The van der Waals surface area contributed by atoms with Crippen LogP contribution in [0.2, 0.25) is 0 Å². The molecule has 3 heterocycles. The van der Waals surface area contributed by atoms with Gasteiger partial charge in [-0.2, -0.15) is 4.98 Å². The monoisotopic (exact) mass is 659 g/mol. The van der Waals surface area contributed by atoms with Crippen LogP contribution < -0.4 is 4.74 Å². The molecule has 0 aliphatic heterocycles. The van der Waals surface area contributed by atoms with Crippen molar-refractivity contribution in [2.24, 2.45) is 5.41 Å². The average Bonchev–Trinajstić information content (AvgIpc) is 3.81. The normalized spacial score (nSPS) is 14.3. The van der Waals surface area contributed by atoms with Gasteiger partial charge in [0.2, 0.25) is 11.8 Å². The van der Waals surface area contributed by atoms with Gasteiger partial charge in [-0.1, -0.05) is 103 Å². The van der Waals surface area contributed by atoms with E-state index < -0.39 is 0 Å². The highest BCUT2D eigenvalue weighted by Gasteiger charge is 2.43. The number of nitrogens with zero attached hydrogens (tertiary/aromatic N) is 3. The Kier molecular flexibility index (Phi) is 6.75. The van der Waals surface area contributed by atoms with Crippen molar-refractivity contribution in [3.05, 3.63) is 173 Å². The van der Waals surface area contributed by atoms with Crippen LogP contribution in [0.5, 0.6) is 11.8 Å². The molecule has 0 saturated heterocycles. The first-order valence-electron chi connectivity index (χ1n) is 17.9. The molecule has 0 atom stereocenters.